The average molecular weight is 666 g/mol. The van der Waals surface area contributed by atoms with Crippen molar-refractivity contribution in [2.24, 2.45) is 0 Å². The third-order valence-electron chi connectivity index (χ3n) is 10.1. The van der Waals surface area contributed by atoms with Gasteiger partial charge in [0.05, 0.1) is 5.56 Å². The molecule has 0 saturated carbocycles. The van der Waals surface area contributed by atoms with Gasteiger partial charge in [0.2, 0.25) is 0 Å². The topological polar surface area (TPSA) is 65.0 Å². The minimum atomic E-state index is 0.539. The van der Waals surface area contributed by atoms with Crippen LogP contribution in [0.2, 0.25) is 0 Å². The summed E-state index contributed by atoms with van der Waals surface area (Å²) in [5.74, 6) is 1.68. The number of nitrogens with zero attached hydrogens (tertiary/aromatic N) is 3. The van der Waals surface area contributed by atoms with Gasteiger partial charge in [0.25, 0.3) is 0 Å². The molecule has 52 heavy (non-hydrogen) atoms. The molecule has 0 aliphatic carbocycles. The summed E-state index contributed by atoms with van der Waals surface area (Å²) in [6, 6.07) is 56.4. The molecular formula is C47H27N3O2. The predicted molar refractivity (Wildman–Crippen MR) is 211 cm³/mol. The van der Waals surface area contributed by atoms with Gasteiger partial charge in [0.15, 0.2) is 17.5 Å². The molecule has 0 fully saturated rings. The first-order chi connectivity index (χ1) is 25.7. The van der Waals surface area contributed by atoms with E-state index in [2.05, 4.69) is 121 Å². The molecular weight excluding hydrogens is 639 g/mol. The van der Waals surface area contributed by atoms with Crippen molar-refractivity contribution in [1.82, 2.24) is 15.0 Å². The van der Waals surface area contributed by atoms with E-state index in [0.717, 1.165) is 77.1 Å². The van der Waals surface area contributed by atoms with Gasteiger partial charge in [-0.2, -0.15) is 0 Å². The molecule has 11 aromatic rings. The van der Waals surface area contributed by atoms with Crippen LogP contribution in [0.4, 0.5) is 0 Å². The quantitative estimate of drug-likeness (QED) is 0.187. The molecule has 0 radical (unpaired) electrons. The van der Waals surface area contributed by atoms with Crippen molar-refractivity contribution in [2.45, 2.75) is 0 Å². The molecule has 0 N–H and O–H groups in total. The second-order valence-corrected chi connectivity index (χ2v) is 13.2. The molecule has 0 spiro atoms. The third kappa shape index (κ3) is 4.46. The molecule has 0 atom stereocenters. The summed E-state index contributed by atoms with van der Waals surface area (Å²) in [5.41, 5.74) is 8.04. The van der Waals surface area contributed by atoms with Crippen LogP contribution >= 0.6 is 0 Å². The summed E-state index contributed by atoms with van der Waals surface area (Å²) < 4.78 is 12.9. The van der Waals surface area contributed by atoms with E-state index >= 15 is 0 Å². The van der Waals surface area contributed by atoms with Crippen LogP contribution in [-0.4, -0.2) is 15.0 Å². The Morgan fingerprint density at radius 3 is 1.81 bits per heavy atom. The minimum absolute atomic E-state index is 0.539. The third-order valence-corrected chi connectivity index (χ3v) is 10.1. The Balaban J connectivity index is 1.13. The van der Waals surface area contributed by atoms with Crippen LogP contribution in [0.5, 0.6) is 0 Å². The van der Waals surface area contributed by atoms with E-state index in [9.17, 15) is 0 Å². The van der Waals surface area contributed by atoms with Crippen molar-refractivity contribution < 1.29 is 8.83 Å². The van der Waals surface area contributed by atoms with Gasteiger partial charge in [-0.15, -0.1) is 0 Å². The van der Waals surface area contributed by atoms with Crippen molar-refractivity contribution >= 4 is 65.4 Å². The van der Waals surface area contributed by atoms with Crippen LogP contribution in [0.1, 0.15) is 0 Å². The van der Waals surface area contributed by atoms with E-state index in [1.165, 1.54) is 16.2 Å². The van der Waals surface area contributed by atoms with E-state index in [0.29, 0.717) is 17.5 Å². The van der Waals surface area contributed by atoms with Gasteiger partial charge in [-0.25, -0.2) is 15.0 Å². The number of fused-ring (bicyclic) bond motifs is 9. The molecule has 242 valence electrons. The lowest BCUT2D eigenvalue weighted by Gasteiger charge is -2.10. The zero-order valence-electron chi connectivity index (χ0n) is 27.7. The molecule has 5 nitrogen and oxygen atoms in total. The first kappa shape index (κ1) is 28.7. The van der Waals surface area contributed by atoms with Crippen molar-refractivity contribution in [1.29, 1.82) is 0 Å². The summed E-state index contributed by atoms with van der Waals surface area (Å²) in [6.07, 6.45) is 0. The maximum atomic E-state index is 6.63. The summed E-state index contributed by atoms with van der Waals surface area (Å²) in [7, 11) is 0. The molecule has 11 rings (SSSR count). The molecule has 0 amide bonds. The molecule has 0 bridgehead atoms. The first-order valence-corrected chi connectivity index (χ1v) is 17.3. The zero-order chi connectivity index (χ0) is 34.2. The van der Waals surface area contributed by atoms with Crippen molar-refractivity contribution in [3.63, 3.8) is 0 Å². The number of furan rings is 2. The van der Waals surface area contributed by atoms with Gasteiger partial charge in [-0.05, 0) is 63.0 Å². The van der Waals surface area contributed by atoms with E-state index < -0.39 is 0 Å². The van der Waals surface area contributed by atoms with Crippen LogP contribution in [0.3, 0.4) is 0 Å². The highest BCUT2D eigenvalue weighted by atomic mass is 16.3. The van der Waals surface area contributed by atoms with E-state index in [1.54, 1.807) is 0 Å². The predicted octanol–water partition coefficient (Wildman–Crippen LogP) is 12.6. The van der Waals surface area contributed by atoms with Gasteiger partial charge in [-0.1, -0.05) is 133 Å². The van der Waals surface area contributed by atoms with Crippen molar-refractivity contribution in [3.8, 4) is 45.3 Å². The Morgan fingerprint density at radius 1 is 0.327 bits per heavy atom. The molecule has 8 aromatic carbocycles. The molecule has 3 aromatic heterocycles. The molecule has 0 aliphatic rings. The molecule has 0 unspecified atom stereocenters. The maximum Gasteiger partial charge on any atom is 0.167 e. The maximum absolute atomic E-state index is 6.63. The largest absolute Gasteiger partial charge is 0.456 e. The highest BCUT2D eigenvalue weighted by Gasteiger charge is 2.21. The summed E-state index contributed by atoms with van der Waals surface area (Å²) in [6.45, 7) is 0. The summed E-state index contributed by atoms with van der Waals surface area (Å²) in [5, 5.41) is 8.85. The zero-order valence-corrected chi connectivity index (χ0v) is 27.7. The van der Waals surface area contributed by atoms with Gasteiger partial charge < -0.3 is 8.83 Å². The van der Waals surface area contributed by atoms with Crippen LogP contribution in [0.25, 0.3) is 111 Å². The van der Waals surface area contributed by atoms with E-state index in [4.69, 9.17) is 23.8 Å². The second-order valence-electron chi connectivity index (χ2n) is 13.2. The number of para-hydroxylation sites is 2. The number of hydrogen-bond donors (Lipinski definition) is 0. The van der Waals surface area contributed by atoms with Crippen LogP contribution in [-0.2, 0) is 0 Å². The van der Waals surface area contributed by atoms with Gasteiger partial charge in [-0.3, -0.25) is 0 Å². The highest BCUT2D eigenvalue weighted by molar-refractivity contribution is 6.20. The summed E-state index contributed by atoms with van der Waals surface area (Å²) in [4.78, 5) is 15.5. The Labute approximate surface area is 297 Å². The Kier molecular flexibility index (Phi) is 6.18. The minimum Gasteiger partial charge on any atom is -0.456 e. The molecule has 5 heteroatoms. The van der Waals surface area contributed by atoms with Gasteiger partial charge >= 0.3 is 0 Å². The van der Waals surface area contributed by atoms with Gasteiger partial charge in [0, 0.05) is 32.7 Å². The Bertz CT molecular complexity index is 3190. The molecule has 0 saturated heterocycles. The number of hydrogen-bond acceptors (Lipinski definition) is 5. The number of rotatable bonds is 4. The van der Waals surface area contributed by atoms with Crippen LogP contribution in [0.15, 0.2) is 173 Å². The molecule has 3 heterocycles. The second kappa shape index (κ2) is 11.2. The standard InChI is InChI=1S/C47H27N3O2/c1-2-11-32-27-33(24-21-28(32)9-1)29-19-22-31(23-20-29)45-48-46(37-15-8-18-40-43(37)35-13-5-6-17-39(35)51-40)50-47(49-45)38-16-7-14-36-42-34-12-4-3-10-30(34)25-26-41(42)52-44(36)38/h1-27H. The van der Waals surface area contributed by atoms with Crippen LogP contribution in [0, 0.1) is 0 Å². The Morgan fingerprint density at radius 2 is 0.923 bits per heavy atom. The smallest absolute Gasteiger partial charge is 0.167 e. The van der Waals surface area contributed by atoms with Crippen LogP contribution < -0.4 is 0 Å². The van der Waals surface area contributed by atoms with Gasteiger partial charge in [0.1, 0.15) is 22.3 Å². The molecule has 0 aliphatic heterocycles. The lowest BCUT2D eigenvalue weighted by molar-refractivity contribution is 0.668. The first-order valence-electron chi connectivity index (χ1n) is 17.3. The number of benzene rings is 8. The highest BCUT2D eigenvalue weighted by Crippen LogP contribution is 2.40. The average Bonchev–Trinajstić information content (AvgIpc) is 3.80. The van der Waals surface area contributed by atoms with Crippen molar-refractivity contribution in [3.05, 3.63) is 164 Å². The fourth-order valence-corrected chi connectivity index (χ4v) is 7.63. The lowest BCUT2D eigenvalue weighted by Crippen LogP contribution is -2.00. The number of aromatic nitrogens is 3. The van der Waals surface area contributed by atoms with E-state index in [1.807, 2.05) is 42.5 Å². The lowest BCUT2D eigenvalue weighted by atomic mass is 10.00. The fraction of sp³-hybridized carbons (Fsp3) is 0. The normalized spacial score (nSPS) is 11.8. The summed E-state index contributed by atoms with van der Waals surface area (Å²) >= 11 is 0. The van der Waals surface area contributed by atoms with Crippen molar-refractivity contribution in [2.75, 3.05) is 0 Å². The monoisotopic (exact) mass is 665 g/mol. The fourth-order valence-electron chi connectivity index (χ4n) is 7.63. The SMILES string of the molecule is c1ccc2cc(-c3ccc(-c4nc(-c5cccc6c5oc5ccc7ccccc7c56)nc(-c5cccc6oc7ccccc7c56)n4)cc3)ccc2c1. The Hall–Kier alpha value is -7.11. The van der Waals surface area contributed by atoms with E-state index in [-0.39, 0.29) is 0 Å².